The first-order chi connectivity index (χ1) is 61.8. The highest BCUT2D eigenvalue weighted by atomic mass is 32.2. The molecule has 1 aromatic heterocycles. The van der Waals surface area contributed by atoms with E-state index in [1.807, 2.05) is 13.8 Å². The van der Waals surface area contributed by atoms with Crippen molar-refractivity contribution in [3.05, 3.63) is 203 Å². The number of aromatic nitrogens is 1. The number of fused-ring (bicyclic) bond motifs is 1. The second kappa shape index (κ2) is 49.0. The second-order valence-corrected chi connectivity index (χ2v) is 34.6. The van der Waals surface area contributed by atoms with E-state index in [9.17, 15) is 53.7 Å². The van der Waals surface area contributed by atoms with E-state index >= 15 is 38.4 Å². The Bertz CT molecular complexity index is 5120. The molecule has 7 aromatic rings. The summed E-state index contributed by atoms with van der Waals surface area (Å²) in [6.07, 6.45) is 0.0884. The monoisotopic (exact) mass is 1810 g/mol. The molecule has 35 nitrogen and oxygen atoms in total. The molecule has 15 N–H and O–H groups in total. The van der Waals surface area contributed by atoms with Crippen LogP contribution in [0.15, 0.2) is 164 Å². The number of carboxylic acids is 1. The summed E-state index contributed by atoms with van der Waals surface area (Å²) < 4.78 is 0. The van der Waals surface area contributed by atoms with Crippen LogP contribution in [0.2, 0.25) is 0 Å². The summed E-state index contributed by atoms with van der Waals surface area (Å²) in [5, 5.41) is 55.6. The molecular weight excluding hydrogens is 1690 g/mol. The van der Waals surface area contributed by atoms with Crippen LogP contribution in [0.25, 0.3) is 10.9 Å². The molecule has 0 radical (unpaired) electrons. The predicted molar refractivity (Wildman–Crippen MR) is 487 cm³/mol. The minimum absolute atomic E-state index is 0.0293. The van der Waals surface area contributed by atoms with E-state index in [2.05, 4.69) is 52.8 Å². The van der Waals surface area contributed by atoms with Crippen LogP contribution >= 0.6 is 11.8 Å². The number of rotatable bonds is 23. The number of carbonyl (C=O) groups excluding carboxylic acids is 15. The zero-order valence-electron chi connectivity index (χ0n) is 75.0. The lowest BCUT2D eigenvalue weighted by Crippen LogP contribution is -2.61. The molecule has 0 bridgehead atoms. The van der Waals surface area contributed by atoms with Crippen LogP contribution in [-0.2, 0) is 115 Å². The van der Waals surface area contributed by atoms with Gasteiger partial charge in [-0.2, -0.15) is 0 Å². The number of carbonyl (C=O) groups is 16. The van der Waals surface area contributed by atoms with Crippen molar-refractivity contribution in [2.24, 2.45) is 17.6 Å². The number of unbranched alkanes of at least 4 members (excludes halogenated alkanes) is 1. The third-order valence-electron chi connectivity index (χ3n) is 22.3. The number of para-hydroxylation sites is 1. The smallest absolute Gasteiger partial charge is 0.305 e. The average Bonchev–Trinajstić information content (AvgIpc) is 1.33. The third kappa shape index (κ3) is 30.5. The van der Waals surface area contributed by atoms with Crippen molar-refractivity contribution in [2.75, 3.05) is 66.4 Å². The Morgan fingerprint density at radius 3 is 1.47 bits per heavy atom. The van der Waals surface area contributed by atoms with Crippen molar-refractivity contribution in [1.82, 2.24) is 77.3 Å². The van der Waals surface area contributed by atoms with Gasteiger partial charge in [-0.25, -0.2) is 0 Å². The van der Waals surface area contributed by atoms with Gasteiger partial charge >= 0.3 is 5.97 Å². The number of nitrogens with zero attached hydrogens (tertiary/aromatic N) is 5. The predicted octanol–water partition coefficient (Wildman–Crippen LogP) is 2.64. The van der Waals surface area contributed by atoms with Crippen molar-refractivity contribution < 1.29 is 92.0 Å². The van der Waals surface area contributed by atoms with Gasteiger partial charge in [0.25, 0.3) is 0 Å². The first-order valence-electron chi connectivity index (χ1n) is 43.1. The lowest BCUT2D eigenvalue weighted by atomic mass is 9.98. The third-order valence-corrected chi connectivity index (χ3v) is 23.4. The number of aromatic hydroxyl groups is 2. The maximum atomic E-state index is 15.6. The van der Waals surface area contributed by atoms with Crippen molar-refractivity contribution in [3.63, 3.8) is 0 Å². The highest BCUT2D eigenvalue weighted by Gasteiger charge is 2.42. The number of hydrogen-bond donors (Lipinski definition) is 14. The van der Waals surface area contributed by atoms with Crippen molar-refractivity contribution in [3.8, 4) is 11.5 Å². The summed E-state index contributed by atoms with van der Waals surface area (Å²) >= 11 is 0.831. The number of hydrogen-bond acceptors (Lipinski definition) is 19. The van der Waals surface area contributed by atoms with E-state index in [0.29, 0.717) is 57.1 Å². The van der Waals surface area contributed by atoms with E-state index in [0.717, 1.165) is 32.0 Å². The largest absolute Gasteiger partial charge is 0.508 e. The first-order valence-corrected chi connectivity index (χ1v) is 44.2. The maximum absolute atomic E-state index is 15.6. The Labute approximate surface area is 759 Å². The van der Waals surface area contributed by atoms with E-state index in [-0.39, 0.29) is 74.5 Å². The summed E-state index contributed by atoms with van der Waals surface area (Å²) in [7, 11) is 6.55. The maximum Gasteiger partial charge on any atom is 0.305 e. The normalized spacial score (nSPS) is 21.8. The van der Waals surface area contributed by atoms with Gasteiger partial charge in [0, 0.05) is 96.6 Å². The van der Waals surface area contributed by atoms with Crippen LogP contribution in [0.1, 0.15) is 106 Å². The molecule has 11 atom stereocenters. The number of carboxylic acid groups (broad SMARTS) is 1. The Hall–Kier alpha value is -13.7. The zero-order valence-corrected chi connectivity index (χ0v) is 75.8. The molecule has 696 valence electrons. The van der Waals surface area contributed by atoms with Gasteiger partial charge in [0.15, 0.2) is 0 Å². The summed E-state index contributed by atoms with van der Waals surface area (Å²) in [5.74, 6) is -17.4. The second-order valence-electron chi connectivity index (χ2n) is 33.6. The fourth-order valence-electron chi connectivity index (χ4n) is 15.1. The molecule has 0 spiro atoms. The molecule has 2 heterocycles. The lowest BCUT2D eigenvalue weighted by molar-refractivity contribution is -0.151. The van der Waals surface area contributed by atoms with Gasteiger partial charge in [0.1, 0.15) is 78.0 Å². The topological polar surface area (TPSA) is 500 Å². The molecule has 1 saturated heterocycles. The van der Waals surface area contributed by atoms with Gasteiger partial charge in [-0.05, 0) is 95.3 Å². The summed E-state index contributed by atoms with van der Waals surface area (Å²) in [4.78, 5) is 244. The molecule has 130 heavy (non-hydrogen) atoms. The van der Waals surface area contributed by atoms with Crippen molar-refractivity contribution in [2.45, 2.75) is 179 Å². The number of aryl methyl sites for hydroxylation is 1. The van der Waals surface area contributed by atoms with Crippen LogP contribution in [0.5, 0.6) is 11.5 Å². The molecule has 1 aliphatic heterocycles. The molecule has 0 aliphatic carbocycles. The number of aliphatic carboxylic acids is 1. The number of amides is 15. The number of aromatic amines is 1. The van der Waals surface area contributed by atoms with Gasteiger partial charge in [-0.3, -0.25) is 76.7 Å². The number of primary amides is 1. The number of phenols is 2. The van der Waals surface area contributed by atoms with E-state index in [1.54, 1.807) is 143 Å². The molecule has 0 unspecified atom stereocenters. The number of likely N-dealkylation sites (N-methyl/N-ethyl adjacent to an activating group) is 5. The fraction of sp³-hybridized carbons (Fsp3) is 0.426. The number of H-pyrrole nitrogens is 1. The number of nitrogens with one attached hydrogen (secondary N) is 10. The Kier molecular flexibility index (Phi) is 38.4. The summed E-state index contributed by atoms with van der Waals surface area (Å²) in [5.41, 5.74) is 10.0. The molecule has 1 aliphatic rings. The number of phenolic OH excluding ortho intramolecular Hbond substituents is 2. The van der Waals surface area contributed by atoms with E-state index < -0.39 is 199 Å². The molecule has 36 heteroatoms. The van der Waals surface area contributed by atoms with Crippen LogP contribution in [0, 0.1) is 18.8 Å². The van der Waals surface area contributed by atoms with Gasteiger partial charge in [-0.15, -0.1) is 11.8 Å². The first kappa shape index (κ1) is 102. The molecule has 8 rings (SSSR count). The van der Waals surface area contributed by atoms with Crippen molar-refractivity contribution >= 4 is 117 Å². The Balaban J connectivity index is 1.22. The van der Waals surface area contributed by atoms with Gasteiger partial charge < -0.3 is 98.4 Å². The summed E-state index contributed by atoms with van der Waals surface area (Å²) in [6, 6.07) is 25.7. The molecule has 1 fully saturated rings. The van der Waals surface area contributed by atoms with E-state index in [1.165, 1.54) is 93.6 Å². The van der Waals surface area contributed by atoms with Crippen LogP contribution in [0.4, 0.5) is 0 Å². The van der Waals surface area contributed by atoms with Gasteiger partial charge in [0.2, 0.25) is 88.6 Å². The number of benzene rings is 6. The Morgan fingerprint density at radius 1 is 0.469 bits per heavy atom. The average molecular weight is 1810 g/mol. The molecule has 6 aromatic carbocycles. The lowest BCUT2D eigenvalue weighted by Gasteiger charge is -2.37. The Morgan fingerprint density at radius 2 is 0.923 bits per heavy atom. The van der Waals surface area contributed by atoms with E-state index in [4.69, 9.17) is 5.73 Å². The van der Waals surface area contributed by atoms with Crippen molar-refractivity contribution in [1.29, 1.82) is 0 Å². The minimum atomic E-state index is -1.91. The number of nitrogens with two attached hydrogens (primary N) is 1. The van der Waals surface area contributed by atoms with Crippen LogP contribution in [0.3, 0.4) is 0 Å². The van der Waals surface area contributed by atoms with Crippen LogP contribution in [-0.4, -0.2) is 272 Å². The molecule has 15 amide bonds. The van der Waals surface area contributed by atoms with Crippen LogP contribution < -0.4 is 53.6 Å². The number of thioether (sulfide) groups is 1. The quantitative estimate of drug-likeness (QED) is 0.0438. The minimum Gasteiger partial charge on any atom is -0.508 e. The fourth-order valence-corrected chi connectivity index (χ4v) is 15.9. The molecular formula is C94H120N16O19S. The SMILES string of the molecule is CCCC[C@H]1C(=O)N(C)CC(=O)N[C@@H](CC(=O)O)C(=O)N[C@@H](C(C)C)C(=O)N(C)[C@@H](Cc2ccccc2)C(=O)N[C@@H](Cc2ccc(O)cc2)C(=O)N(C)CC(=O)N[C@@H](Cc2c[nH]c3ccccc23)C(=O)N[C@@H](Cc2ccc(O)cc2)C(=O)N[C@@H](CC(C)C)C(=O)N[C@H](C(=O)NCC(N)=O)CSCC(=O)N[C@@H](Cc2ccc(C)cc2)C(=O)N(C)[C@@H](Cc2ccccc2)C(=O)N1C. The summed E-state index contributed by atoms with van der Waals surface area (Å²) in [6.45, 7) is 8.03. The van der Waals surface area contributed by atoms with Gasteiger partial charge in [-0.1, -0.05) is 180 Å². The molecule has 0 saturated carbocycles. The highest BCUT2D eigenvalue weighted by molar-refractivity contribution is 8.00. The highest BCUT2D eigenvalue weighted by Crippen LogP contribution is 2.25. The standard InChI is InChI=1S/C94H120N16O19S/c1-12-13-28-75-92(127)107(8)52-80(115)99-71(48-82(117)118)88(123)105-83(56(4)5)94(129)109(10)76(45-58-22-16-14-17-23-58)89(124)103-72(43-62-35-39-65(112)40-36-62)90(125)106(7)51-79(114)98-70(47-63-49-96-67-27-21-20-26-66(63)67)87(122)102-69(42-61-33-37-64(111)38-34-61)86(121)101-68(41-55(2)3)85(120)104-74(84(119)97-50-78(95)113)53-130-54-81(116)100-73(44-60-31-29-57(6)30-32-60)91(126)110(11)77(93(128)108(75)9)46-59-24-18-15-19-25-59/h14-27,29-40,49,55-56,68-77,83,96,111-112H,12-13,28,41-48,50-54H2,1-11H3,(H2,95,113)(H,97,119)(H,98,114)(H,99,115)(H,100,116)(H,101,121)(H,102,122)(H,103,124)(H,104,120)(H,105,123)(H,117,118)/t68-,69-,70-,71-,72-,73-,74-,75-,76-,77-,83-/m0/s1. The van der Waals surface area contributed by atoms with Gasteiger partial charge in [0.05, 0.1) is 31.8 Å². The zero-order chi connectivity index (χ0) is 95.2.